The highest BCUT2D eigenvalue weighted by molar-refractivity contribution is 9.10. The Morgan fingerprint density at radius 2 is 1.95 bits per heavy atom. The molecule has 0 heterocycles. The standard InChI is InChI=1S/C11H9BrF3NO3/c1-5-3-2-4-6(12)7(5)8(9(17)18)16-10(19)11(13,14)15/h2-4,8H,1H3,(H,16,19)(H,17,18). The van der Waals surface area contributed by atoms with Gasteiger partial charge in [-0.05, 0) is 18.6 Å². The fourth-order valence-corrected chi connectivity index (χ4v) is 2.17. The molecule has 8 heteroatoms. The molecule has 1 aromatic carbocycles. The first-order valence-corrected chi connectivity index (χ1v) is 5.79. The zero-order valence-corrected chi connectivity index (χ0v) is 11.2. The van der Waals surface area contributed by atoms with Crippen molar-refractivity contribution in [1.29, 1.82) is 0 Å². The molecule has 0 saturated carbocycles. The van der Waals surface area contributed by atoms with Crippen LogP contribution in [0.2, 0.25) is 0 Å². The van der Waals surface area contributed by atoms with E-state index >= 15 is 0 Å². The van der Waals surface area contributed by atoms with Crippen LogP contribution in [-0.4, -0.2) is 23.2 Å². The molecular formula is C11H9BrF3NO3. The first-order valence-electron chi connectivity index (χ1n) is 5.00. The zero-order chi connectivity index (χ0) is 14.8. The number of carbonyl (C=O) groups is 2. The summed E-state index contributed by atoms with van der Waals surface area (Å²) in [5, 5.41) is 10.4. The first-order chi connectivity index (χ1) is 8.64. The summed E-state index contributed by atoms with van der Waals surface area (Å²) in [7, 11) is 0. The van der Waals surface area contributed by atoms with E-state index in [9.17, 15) is 22.8 Å². The van der Waals surface area contributed by atoms with Crippen molar-refractivity contribution in [1.82, 2.24) is 5.32 Å². The van der Waals surface area contributed by atoms with Gasteiger partial charge in [0.15, 0.2) is 6.04 Å². The molecule has 0 saturated heterocycles. The van der Waals surface area contributed by atoms with E-state index in [0.717, 1.165) is 0 Å². The molecule has 0 aromatic heterocycles. The largest absolute Gasteiger partial charge is 0.479 e. The van der Waals surface area contributed by atoms with Gasteiger partial charge in [-0.1, -0.05) is 28.1 Å². The van der Waals surface area contributed by atoms with E-state index in [2.05, 4.69) is 15.9 Å². The second-order valence-electron chi connectivity index (χ2n) is 3.71. The topological polar surface area (TPSA) is 66.4 Å². The molecule has 0 radical (unpaired) electrons. The summed E-state index contributed by atoms with van der Waals surface area (Å²) < 4.78 is 36.8. The molecule has 0 aliphatic carbocycles. The predicted molar refractivity (Wildman–Crippen MR) is 63.5 cm³/mol. The summed E-state index contributed by atoms with van der Waals surface area (Å²) in [6.45, 7) is 1.54. The van der Waals surface area contributed by atoms with Gasteiger partial charge >= 0.3 is 18.1 Å². The van der Waals surface area contributed by atoms with Crippen molar-refractivity contribution >= 4 is 27.8 Å². The summed E-state index contributed by atoms with van der Waals surface area (Å²) in [5.41, 5.74) is 0.525. The van der Waals surface area contributed by atoms with Crippen LogP contribution < -0.4 is 5.32 Å². The van der Waals surface area contributed by atoms with E-state index in [1.807, 2.05) is 0 Å². The third kappa shape index (κ3) is 3.69. The lowest BCUT2D eigenvalue weighted by molar-refractivity contribution is -0.175. The van der Waals surface area contributed by atoms with Crippen molar-refractivity contribution in [3.8, 4) is 0 Å². The number of carboxylic acids is 1. The van der Waals surface area contributed by atoms with Gasteiger partial charge in [0.25, 0.3) is 0 Å². The van der Waals surface area contributed by atoms with E-state index in [4.69, 9.17) is 5.11 Å². The molecule has 2 N–H and O–H groups in total. The summed E-state index contributed by atoms with van der Waals surface area (Å²) in [6, 6.07) is 2.85. The monoisotopic (exact) mass is 339 g/mol. The lowest BCUT2D eigenvalue weighted by Crippen LogP contribution is -2.42. The molecular weight excluding hydrogens is 331 g/mol. The number of hydrogen-bond donors (Lipinski definition) is 2. The number of alkyl halides is 3. The van der Waals surface area contributed by atoms with Crippen molar-refractivity contribution in [2.24, 2.45) is 0 Å². The first kappa shape index (κ1) is 15.5. The van der Waals surface area contributed by atoms with Gasteiger partial charge in [0.05, 0.1) is 0 Å². The molecule has 104 valence electrons. The van der Waals surface area contributed by atoms with E-state index < -0.39 is 24.1 Å². The number of aryl methyl sites for hydroxylation is 1. The van der Waals surface area contributed by atoms with E-state index in [-0.39, 0.29) is 5.56 Å². The van der Waals surface area contributed by atoms with Crippen LogP contribution >= 0.6 is 15.9 Å². The Balaban J connectivity index is 3.16. The molecule has 1 rings (SSSR count). The third-order valence-electron chi connectivity index (χ3n) is 2.34. The number of halogens is 4. The highest BCUT2D eigenvalue weighted by atomic mass is 79.9. The van der Waals surface area contributed by atoms with Gasteiger partial charge < -0.3 is 10.4 Å². The fourth-order valence-electron chi connectivity index (χ4n) is 1.48. The minimum atomic E-state index is -5.14. The molecule has 0 bridgehead atoms. The average Bonchev–Trinajstić information content (AvgIpc) is 2.25. The van der Waals surface area contributed by atoms with Crippen LogP contribution in [0.1, 0.15) is 17.2 Å². The predicted octanol–water partition coefficient (Wildman–Crippen LogP) is 2.56. The number of aliphatic carboxylic acids is 1. The van der Waals surface area contributed by atoms with Crippen LogP contribution in [0.25, 0.3) is 0 Å². The molecule has 0 aliphatic heterocycles. The Morgan fingerprint density at radius 1 is 1.37 bits per heavy atom. The van der Waals surface area contributed by atoms with Crippen LogP contribution in [0.3, 0.4) is 0 Å². The van der Waals surface area contributed by atoms with Gasteiger partial charge in [0.2, 0.25) is 0 Å². The average molecular weight is 340 g/mol. The van der Waals surface area contributed by atoms with E-state index in [1.54, 1.807) is 6.07 Å². The summed E-state index contributed by atoms with van der Waals surface area (Å²) in [4.78, 5) is 21.9. The van der Waals surface area contributed by atoms with Crippen molar-refractivity contribution < 1.29 is 27.9 Å². The maximum atomic E-state index is 12.2. The van der Waals surface area contributed by atoms with Crippen molar-refractivity contribution in [3.63, 3.8) is 0 Å². The second kappa shape index (κ2) is 5.60. The second-order valence-corrected chi connectivity index (χ2v) is 4.57. The molecule has 0 aliphatic rings. The molecule has 1 aromatic rings. The lowest BCUT2D eigenvalue weighted by Gasteiger charge is -2.19. The Kier molecular flexibility index (Phi) is 4.56. The van der Waals surface area contributed by atoms with Gasteiger partial charge in [0.1, 0.15) is 0 Å². The molecule has 1 atom stereocenters. The lowest BCUT2D eigenvalue weighted by atomic mass is 10.0. The van der Waals surface area contributed by atoms with Gasteiger partial charge in [0, 0.05) is 10.0 Å². The SMILES string of the molecule is Cc1cccc(Br)c1C(NC(=O)C(F)(F)F)C(=O)O. The number of carboxylic acid groups (broad SMARTS) is 1. The molecule has 19 heavy (non-hydrogen) atoms. The van der Waals surface area contributed by atoms with Crippen LogP contribution in [-0.2, 0) is 9.59 Å². The number of benzene rings is 1. The maximum absolute atomic E-state index is 12.2. The van der Waals surface area contributed by atoms with Crippen LogP contribution in [0, 0.1) is 6.92 Å². The third-order valence-corrected chi connectivity index (χ3v) is 3.03. The highest BCUT2D eigenvalue weighted by Crippen LogP contribution is 2.28. The van der Waals surface area contributed by atoms with Crippen LogP contribution in [0.4, 0.5) is 13.2 Å². The maximum Gasteiger partial charge on any atom is 0.471 e. The smallest absolute Gasteiger partial charge is 0.471 e. The van der Waals surface area contributed by atoms with Crippen molar-refractivity contribution in [2.45, 2.75) is 19.1 Å². The summed E-state index contributed by atoms with van der Waals surface area (Å²) in [6.07, 6.45) is -5.14. The Morgan fingerprint density at radius 3 is 2.37 bits per heavy atom. The number of nitrogens with one attached hydrogen (secondary N) is 1. The number of rotatable bonds is 3. The zero-order valence-electron chi connectivity index (χ0n) is 9.58. The minimum Gasteiger partial charge on any atom is -0.479 e. The van der Waals surface area contributed by atoms with Gasteiger partial charge in [-0.15, -0.1) is 0 Å². The Labute approximate surface area is 114 Å². The molecule has 4 nitrogen and oxygen atoms in total. The van der Waals surface area contributed by atoms with Crippen molar-refractivity contribution in [3.05, 3.63) is 33.8 Å². The Hall–Kier alpha value is -1.57. The normalized spacial score (nSPS) is 12.9. The molecule has 1 amide bonds. The van der Waals surface area contributed by atoms with Gasteiger partial charge in [-0.25, -0.2) is 4.79 Å². The molecule has 0 spiro atoms. The van der Waals surface area contributed by atoms with Crippen LogP contribution in [0.15, 0.2) is 22.7 Å². The van der Waals surface area contributed by atoms with Crippen molar-refractivity contribution in [2.75, 3.05) is 0 Å². The number of hydrogen-bond acceptors (Lipinski definition) is 2. The van der Waals surface area contributed by atoms with E-state index in [1.165, 1.54) is 24.4 Å². The summed E-state index contributed by atoms with van der Waals surface area (Å²) in [5.74, 6) is -3.87. The van der Waals surface area contributed by atoms with Gasteiger partial charge in [-0.2, -0.15) is 13.2 Å². The van der Waals surface area contributed by atoms with E-state index in [0.29, 0.717) is 10.0 Å². The molecule has 1 unspecified atom stereocenters. The number of amides is 1. The highest BCUT2D eigenvalue weighted by Gasteiger charge is 2.41. The minimum absolute atomic E-state index is 0.0765. The molecule has 0 fully saturated rings. The fraction of sp³-hybridized carbons (Fsp3) is 0.273. The van der Waals surface area contributed by atoms with Crippen LogP contribution in [0.5, 0.6) is 0 Å². The van der Waals surface area contributed by atoms with Gasteiger partial charge in [-0.3, -0.25) is 4.79 Å². The summed E-state index contributed by atoms with van der Waals surface area (Å²) >= 11 is 3.06. The number of carbonyl (C=O) groups excluding carboxylic acids is 1. The quantitative estimate of drug-likeness (QED) is 0.889. The Bertz CT molecular complexity index is 496.